The van der Waals surface area contributed by atoms with Gasteiger partial charge in [0.25, 0.3) is 0 Å². The van der Waals surface area contributed by atoms with E-state index < -0.39 is 22.4 Å². The van der Waals surface area contributed by atoms with Crippen LogP contribution < -0.4 is 9.44 Å². The summed E-state index contributed by atoms with van der Waals surface area (Å²) in [6, 6.07) is 0. The van der Waals surface area contributed by atoms with E-state index in [0.717, 1.165) is 0 Å². The first kappa shape index (κ1) is 16.1. The van der Waals surface area contributed by atoms with E-state index in [4.69, 9.17) is 0 Å². The molecule has 0 fully saturated rings. The van der Waals surface area contributed by atoms with Crippen molar-refractivity contribution < 1.29 is 23.1 Å². The van der Waals surface area contributed by atoms with Crippen LogP contribution in [-0.2, 0) is 14.9 Å². The lowest BCUT2D eigenvalue weighted by Gasteiger charge is -2.14. The molecule has 0 heterocycles. The number of carbonyl (C=O) groups is 1. The van der Waals surface area contributed by atoms with Gasteiger partial charge in [-0.05, 0) is 19.3 Å². The zero-order valence-electron chi connectivity index (χ0n) is 10.3. The van der Waals surface area contributed by atoms with Crippen molar-refractivity contribution in [3.8, 4) is 0 Å². The first-order valence-electron chi connectivity index (χ1n) is 5.39. The largest absolute Gasteiger partial charge is 0.449 e. The van der Waals surface area contributed by atoms with Gasteiger partial charge >= 0.3 is 16.3 Å². The number of amides is 1. The van der Waals surface area contributed by atoms with E-state index in [1.807, 2.05) is 13.8 Å². The summed E-state index contributed by atoms with van der Waals surface area (Å²) in [5.74, 6) is 0.257. The first-order chi connectivity index (χ1) is 7.76. The molecule has 0 aromatic rings. The lowest BCUT2D eigenvalue weighted by Crippen LogP contribution is -2.43. The number of ether oxygens (including phenoxy) is 1. The van der Waals surface area contributed by atoms with Gasteiger partial charge in [-0.2, -0.15) is 13.1 Å². The van der Waals surface area contributed by atoms with Gasteiger partial charge in [-0.3, -0.25) is 0 Å². The fourth-order valence-electron chi connectivity index (χ4n) is 1.14. The highest BCUT2D eigenvalue weighted by molar-refractivity contribution is 7.88. The molecule has 0 bridgehead atoms. The Balaban J connectivity index is 4.05. The molecular weight excluding hydrogens is 248 g/mol. The molecule has 0 spiro atoms. The SMILES string of the molecule is CCOC(=O)NS(=O)(=O)NCC(O)CC(C)C. The molecule has 7 nitrogen and oxygen atoms in total. The normalized spacial score (nSPS) is 13.5. The third-order valence-corrected chi connectivity index (χ3v) is 2.73. The molecule has 0 rings (SSSR count). The Morgan fingerprint density at radius 1 is 1.41 bits per heavy atom. The summed E-state index contributed by atoms with van der Waals surface area (Å²) in [6.07, 6.45) is -1.35. The predicted octanol–water partition coefficient (Wildman–Crippen LogP) is -0.0261. The number of aliphatic hydroxyl groups excluding tert-OH is 1. The number of rotatable bonds is 7. The summed E-state index contributed by atoms with van der Waals surface area (Å²) >= 11 is 0. The Hall–Kier alpha value is -0.860. The van der Waals surface area contributed by atoms with Crippen molar-refractivity contribution in [2.45, 2.75) is 33.3 Å². The molecule has 1 atom stereocenters. The Morgan fingerprint density at radius 2 is 2.00 bits per heavy atom. The Bertz CT molecular complexity index is 328. The van der Waals surface area contributed by atoms with Crippen molar-refractivity contribution in [1.29, 1.82) is 0 Å². The highest BCUT2D eigenvalue weighted by Gasteiger charge is 2.16. The van der Waals surface area contributed by atoms with Gasteiger partial charge in [0.1, 0.15) is 0 Å². The summed E-state index contributed by atoms with van der Waals surface area (Å²) in [5.41, 5.74) is 0. The summed E-state index contributed by atoms with van der Waals surface area (Å²) in [6.45, 7) is 5.32. The fourth-order valence-corrected chi connectivity index (χ4v) is 1.90. The van der Waals surface area contributed by atoms with Crippen molar-refractivity contribution >= 4 is 16.3 Å². The van der Waals surface area contributed by atoms with E-state index in [9.17, 15) is 18.3 Å². The minimum Gasteiger partial charge on any atom is -0.449 e. The second kappa shape index (κ2) is 7.46. The van der Waals surface area contributed by atoms with Crippen LogP contribution in [0.3, 0.4) is 0 Å². The average molecular weight is 268 g/mol. The molecular formula is C9H20N2O5S. The van der Waals surface area contributed by atoms with E-state index in [2.05, 4.69) is 9.46 Å². The summed E-state index contributed by atoms with van der Waals surface area (Å²) in [5, 5.41) is 9.45. The van der Waals surface area contributed by atoms with Crippen molar-refractivity contribution in [2.75, 3.05) is 13.2 Å². The molecule has 0 radical (unpaired) electrons. The monoisotopic (exact) mass is 268 g/mol. The molecule has 0 saturated heterocycles. The molecule has 0 aliphatic heterocycles. The van der Waals surface area contributed by atoms with Gasteiger partial charge < -0.3 is 9.84 Å². The molecule has 3 N–H and O–H groups in total. The van der Waals surface area contributed by atoms with Crippen molar-refractivity contribution in [1.82, 2.24) is 9.44 Å². The maximum absolute atomic E-state index is 11.3. The molecule has 8 heteroatoms. The Kier molecular flexibility index (Phi) is 7.09. The zero-order valence-corrected chi connectivity index (χ0v) is 11.1. The third kappa shape index (κ3) is 8.90. The number of aliphatic hydroxyl groups is 1. The van der Waals surface area contributed by atoms with E-state index in [0.29, 0.717) is 6.42 Å². The van der Waals surface area contributed by atoms with Gasteiger partial charge in [0, 0.05) is 6.54 Å². The molecule has 0 aliphatic carbocycles. The Morgan fingerprint density at radius 3 is 2.47 bits per heavy atom. The van der Waals surface area contributed by atoms with Crippen LogP contribution in [0.4, 0.5) is 4.79 Å². The van der Waals surface area contributed by atoms with Gasteiger partial charge in [-0.1, -0.05) is 13.8 Å². The number of carbonyl (C=O) groups excluding carboxylic acids is 1. The lowest BCUT2D eigenvalue weighted by atomic mass is 10.1. The first-order valence-corrected chi connectivity index (χ1v) is 6.87. The van der Waals surface area contributed by atoms with Gasteiger partial charge in [0.2, 0.25) is 0 Å². The lowest BCUT2D eigenvalue weighted by molar-refractivity contribution is 0.151. The van der Waals surface area contributed by atoms with Crippen LogP contribution in [-0.4, -0.2) is 38.9 Å². The Labute approximate surface area is 102 Å². The van der Waals surface area contributed by atoms with Crippen molar-refractivity contribution in [2.24, 2.45) is 5.92 Å². The maximum Gasteiger partial charge on any atom is 0.421 e. The number of hydrogen-bond donors (Lipinski definition) is 3. The summed E-state index contributed by atoms with van der Waals surface area (Å²) < 4.78 is 30.7. The highest BCUT2D eigenvalue weighted by Crippen LogP contribution is 2.03. The predicted molar refractivity (Wildman–Crippen MR) is 62.5 cm³/mol. The molecule has 0 aromatic heterocycles. The van der Waals surface area contributed by atoms with Gasteiger partial charge in [0.05, 0.1) is 12.7 Å². The van der Waals surface area contributed by atoms with E-state index in [1.165, 1.54) is 0 Å². The second-order valence-corrected chi connectivity index (χ2v) is 5.46. The minimum absolute atomic E-state index is 0.0807. The molecule has 0 aliphatic rings. The smallest absolute Gasteiger partial charge is 0.421 e. The second-order valence-electron chi connectivity index (χ2n) is 3.96. The number of hydrogen-bond acceptors (Lipinski definition) is 5. The summed E-state index contributed by atoms with van der Waals surface area (Å²) in [7, 11) is -3.97. The molecule has 0 saturated carbocycles. The van der Waals surface area contributed by atoms with E-state index >= 15 is 0 Å². The highest BCUT2D eigenvalue weighted by atomic mass is 32.2. The average Bonchev–Trinajstić information content (AvgIpc) is 2.13. The van der Waals surface area contributed by atoms with Crippen molar-refractivity contribution in [3.05, 3.63) is 0 Å². The van der Waals surface area contributed by atoms with E-state index in [-0.39, 0.29) is 19.1 Å². The topological polar surface area (TPSA) is 105 Å². The minimum atomic E-state index is -3.97. The maximum atomic E-state index is 11.3. The van der Waals surface area contributed by atoms with Crippen LogP contribution in [0.15, 0.2) is 0 Å². The molecule has 0 aromatic carbocycles. The molecule has 17 heavy (non-hydrogen) atoms. The fraction of sp³-hybridized carbons (Fsp3) is 0.889. The van der Waals surface area contributed by atoms with Crippen LogP contribution in [0.1, 0.15) is 27.2 Å². The van der Waals surface area contributed by atoms with Gasteiger partial charge in [0.15, 0.2) is 0 Å². The van der Waals surface area contributed by atoms with Gasteiger partial charge in [-0.25, -0.2) is 9.52 Å². The molecule has 102 valence electrons. The van der Waals surface area contributed by atoms with Crippen LogP contribution in [0, 0.1) is 5.92 Å². The van der Waals surface area contributed by atoms with Crippen LogP contribution in [0.25, 0.3) is 0 Å². The number of nitrogens with one attached hydrogen (secondary N) is 2. The van der Waals surface area contributed by atoms with Crippen LogP contribution >= 0.6 is 0 Å². The third-order valence-electron chi connectivity index (χ3n) is 1.75. The van der Waals surface area contributed by atoms with Crippen LogP contribution in [0.2, 0.25) is 0 Å². The zero-order chi connectivity index (χ0) is 13.5. The van der Waals surface area contributed by atoms with Crippen molar-refractivity contribution in [3.63, 3.8) is 0 Å². The standard InChI is InChI=1S/C9H20N2O5S/c1-4-16-9(13)11-17(14,15)10-6-8(12)5-7(2)3/h7-8,10,12H,4-6H2,1-3H3,(H,11,13). The molecule has 1 unspecified atom stereocenters. The molecule has 1 amide bonds. The van der Waals surface area contributed by atoms with Gasteiger partial charge in [-0.15, -0.1) is 0 Å². The van der Waals surface area contributed by atoms with Crippen LogP contribution in [0.5, 0.6) is 0 Å². The van der Waals surface area contributed by atoms with E-state index in [1.54, 1.807) is 11.6 Å². The summed E-state index contributed by atoms with van der Waals surface area (Å²) in [4.78, 5) is 10.9. The quantitative estimate of drug-likeness (QED) is 0.601.